The number of halogens is 3. The molecule has 6 nitrogen and oxygen atoms in total. The van der Waals surface area contributed by atoms with Crippen LogP contribution in [-0.4, -0.2) is 30.4 Å². The molecular formula is C19H15F3N6. The second-order valence-corrected chi connectivity index (χ2v) is 6.31. The normalized spacial score (nSPS) is 11.7. The van der Waals surface area contributed by atoms with Crippen molar-refractivity contribution < 1.29 is 13.2 Å². The first-order valence-corrected chi connectivity index (χ1v) is 8.46. The van der Waals surface area contributed by atoms with Gasteiger partial charge < -0.3 is 0 Å². The Hall–Kier alpha value is -3.49. The van der Waals surface area contributed by atoms with Crippen molar-refractivity contribution in [1.82, 2.24) is 30.4 Å². The predicted octanol–water partition coefficient (Wildman–Crippen LogP) is 4.17. The van der Waals surface area contributed by atoms with E-state index in [0.29, 0.717) is 17.8 Å². The highest BCUT2D eigenvalue weighted by Gasteiger charge is 2.33. The smallest absolute Gasteiger partial charge is 0.282 e. The molecule has 0 aromatic carbocycles. The van der Waals surface area contributed by atoms with E-state index in [0.717, 1.165) is 28.8 Å². The van der Waals surface area contributed by atoms with E-state index in [-0.39, 0.29) is 5.69 Å². The summed E-state index contributed by atoms with van der Waals surface area (Å²) in [5.74, 6) is 0. The number of pyridine rings is 2. The highest BCUT2D eigenvalue weighted by atomic mass is 19.4. The number of nitrogens with zero attached hydrogens (tertiary/aromatic N) is 4. The van der Waals surface area contributed by atoms with Crippen molar-refractivity contribution in [2.45, 2.75) is 19.5 Å². The molecule has 0 aliphatic heterocycles. The summed E-state index contributed by atoms with van der Waals surface area (Å²) in [6.07, 6.45) is -4.04. The zero-order valence-corrected chi connectivity index (χ0v) is 14.7. The number of H-pyrrole nitrogens is 2. The van der Waals surface area contributed by atoms with Crippen LogP contribution in [0, 0.1) is 6.92 Å². The molecule has 0 fully saturated rings. The zero-order chi connectivity index (χ0) is 19.7. The van der Waals surface area contributed by atoms with E-state index in [1.54, 1.807) is 18.2 Å². The lowest BCUT2D eigenvalue weighted by atomic mass is 10.1. The predicted molar refractivity (Wildman–Crippen MR) is 96.2 cm³/mol. The Morgan fingerprint density at radius 2 is 1.36 bits per heavy atom. The second-order valence-electron chi connectivity index (χ2n) is 6.31. The van der Waals surface area contributed by atoms with Crippen molar-refractivity contribution in [2.75, 3.05) is 0 Å². The van der Waals surface area contributed by atoms with E-state index in [4.69, 9.17) is 0 Å². The first-order chi connectivity index (χ1) is 13.4. The first kappa shape index (κ1) is 17.9. The van der Waals surface area contributed by atoms with E-state index in [2.05, 4.69) is 25.3 Å². The van der Waals surface area contributed by atoms with Crippen molar-refractivity contribution in [3.05, 3.63) is 71.3 Å². The van der Waals surface area contributed by atoms with Gasteiger partial charge in [0.1, 0.15) is 17.1 Å². The van der Waals surface area contributed by atoms with Gasteiger partial charge in [0, 0.05) is 23.5 Å². The molecule has 0 atom stereocenters. The molecule has 0 saturated carbocycles. The van der Waals surface area contributed by atoms with Crippen molar-refractivity contribution in [3.63, 3.8) is 0 Å². The third-order valence-electron chi connectivity index (χ3n) is 4.09. The van der Waals surface area contributed by atoms with Gasteiger partial charge >= 0.3 is 6.18 Å². The maximum Gasteiger partial charge on any atom is 0.432 e. The van der Waals surface area contributed by atoms with Crippen LogP contribution < -0.4 is 0 Å². The molecule has 0 spiro atoms. The molecule has 4 aromatic rings. The molecule has 0 aliphatic rings. The van der Waals surface area contributed by atoms with Crippen LogP contribution in [0.3, 0.4) is 0 Å². The summed E-state index contributed by atoms with van der Waals surface area (Å²) in [6.45, 7) is 1.91. The van der Waals surface area contributed by atoms with Crippen LogP contribution in [0.2, 0.25) is 0 Å². The van der Waals surface area contributed by atoms with E-state index in [9.17, 15) is 13.2 Å². The van der Waals surface area contributed by atoms with E-state index in [1.165, 1.54) is 0 Å². The Balaban J connectivity index is 1.58. The Kier molecular flexibility index (Phi) is 4.42. The molecule has 0 unspecified atom stereocenters. The number of nitrogens with one attached hydrogen (secondary N) is 2. The summed E-state index contributed by atoms with van der Waals surface area (Å²) >= 11 is 0. The van der Waals surface area contributed by atoms with E-state index >= 15 is 0 Å². The second kappa shape index (κ2) is 6.91. The summed E-state index contributed by atoms with van der Waals surface area (Å²) in [5.41, 5.74) is 3.48. The summed E-state index contributed by atoms with van der Waals surface area (Å²) in [7, 11) is 0. The molecule has 142 valence electrons. The van der Waals surface area contributed by atoms with Crippen molar-refractivity contribution >= 4 is 0 Å². The van der Waals surface area contributed by atoms with Gasteiger partial charge in [-0.15, -0.1) is 0 Å². The fourth-order valence-electron chi connectivity index (χ4n) is 2.77. The zero-order valence-electron chi connectivity index (χ0n) is 14.7. The molecule has 28 heavy (non-hydrogen) atoms. The van der Waals surface area contributed by atoms with Crippen LogP contribution >= 0.6 is 0 Å². The molecule has 0 aliphatic carbocycles. The third-order valence-corrected chi connectivity index (χ3v) is 4.09. The Morgan fingerprint density at radius 3 is 1.86 bits per heavy atom. The lowest BCUT2D eigenvalue weighted by Crippen LogP contribution is -2.04. The number of alkyl halides is 3. The van der Waals surface area contributed by atoms with E-state index < -0.39 is 11.9 Å². The van der Waals surface area contributed by atoms with Gasteiger partial charge in [0.05, 0.1) is 11.4 Å². The quantitative estimate of drug-likeness (QED) is 0.553. The van der Waals surface area contributed by atoms with Gasteiger partial charge in [-0.1, -0.05) is 12.1 Å². The lowest BCUT2D eigenvalue weighted by molar-refractivity contribution is -0.141. The minimum atomic E-state index is -4.47. The summed E-state index contributed by atoms with van der Waals surface area (Å²) < 4.78 is 38.3. The third kappa shape index (κ3) is 3.78. The van der Waals surface area contributed by atoms with Crippen LogP contribution in [0.5, 0.6) is 0 Å². The van der Waals surface area contributed by atoms with Gasteiger partial charge in [-0.3, -0.25) is 20.2 Å². The van der Waals surface area contributed by atoms with Crippen molar-refractivity contribution in [3.8, 4) is 22.8 Å². The lowest BCUT2D eigenvalue weighted by Gasteiger charge is -2.04. The summed E-state index contributed by atoms with van der Waals surface area (Å²) in [5, 5.41) is 12.8. The van der Waals surface area contributed by atoms with Crippen molar-refractivity contribution in [2.24, 2.45) is 0 Å². The summed E-state index contributed by atoms with van der Waals surface area (Å²) in [6, 6.07) is 13.6. The number of aryl methyl sites for hydroxylation is 1. The molecule has 9 heteroatoms. The average Bonchev–Trinajstić information content (AvgIpc) is 3.31. The standard InChI is InChI=1S/C19H15F3N6/c1-11-8-16(26-25-11)14-6-2-4-12(23-14)9-13-5-3-7-15(24-13)17-10-18(28-27-17)19(20,21)22/h2-8,10H,9H2,1H3,(H,25,26)(H,27,28). The van der Waals surface area contributed by atoms with Gasteiger partial charge in [0.15, 0.2) is 0 Å². The monoisotopic (exact) mass is 384 g/mol. The molecule has 0 saturated heterocycles. The van der Waals surface area contributed by atoms with Gasteiger partial charge in [-0.05, 0) is 43.3 Å². The van der Waals surface area contributed by atoms with Gasteiger partial charge in [-0.25, -0.2) is 0 Å². The van der Waals surface area contributed by atoms with Crippen molar-refractivity contribution in [1.29, 1.82) is 0 Å². The number of aromatic amines is 2. The molecule has 0 radical (unpaired) electrons. The Morgan fingerprint density at radius 1 is 0.786 bits per heavy atom. The first-order valence-electron chi connectivity index (χ1n) is 8.46. The highest BCUT2D eigenvalue weighted by molar-refractivity contribution is 5.55. The van der Waals surface area contributed by atoms with Crippen LogP contribution in [0.1, 0.15) is 22.8 Å². The Bertz CT molecular complexity index is 1110. The molecule has 0 bridgehead atoms. The molecule has 2 N–H and O–H groups in total. The fourth-order valence-corrected chi connectivity index (χ4v) is 2.77. The molecule has 4 heterocycles. The van der Waals surface area contributed by atoms with Gasteiger partial charge in [-0.2, -0.15) is 23.4 Å². The molecule has 0 amide bonds. The number of rotatable bonds is 4. The largest absolute Gasteiger partial charge is 0.432 e. The average molecular weight is 384 g/mol. The molecule has 4 aromatic heterocycles. The summed E-state index contributed by atoms with van der Waals surface area (Å²) in [4.78, 5) is 9.03. The van der Waals surface area contributed by atoms with Crippen LogP contribution in [0.25, 0.3) is 22.8 Å². The van der Waals surface area contributed by atoms with Gasteiger partial charge in [0.25, 0.3) is 0 Å². The minimum Gasteiger partial charge on any atom is -0.282 e. The number of aromatic nitrogens is 6. The molecule has 4 rings (SSSR count). The van der Waals surface area contributed by atoms with E-state index in [1.807, 2.05) is 36.3 Å². The van der Waals surface area contributed by atoms with Gasteiger partial charge in [0.2, 0.25) is 0 Å². The maximum atomic E-state index is 12.8. The van der Waals surface area contributed by atoms with Crippen LogP contribution in [0.15, 0.2) is 48.5 Å². The number of hydrogen-bond donors (Lipinski definition) is 2. The Labute approximate surface area is 157 Å². The molecular weight excluding hydrogens is 369 g/mol. The maximum absolute atomic E-state index is 12.8. The van der Waals surface area contributed by atoms with Crippen LogP contribution in [0.4, 0.5) is 13.2 Å². The minimum absolute atomic E-state index is 0.142. The SMILES string of the molecule is Cc1cc(-c2cccc(Cc3cccc(-c4cc(C(F)(F)F)[nH]n4)n3)n2)n[nH]1. The highest BCUT2D eigenvalue weighted by Crippen LogP contribution is 2.30. The fraction of sp³-hybridized carbons (Fsp3) is 0.158. The topological polar surface area (TPSA) is 83.1 Å². The van der Waals surface area contributed by atoms with Crippen LogP contribution in [-0.2, 0) is 12.6 Å². The number of hydrogen-bond acceptors (Lipinski definition) is 4.